The number of benzene rings is 1. The molecule has 1 aromatic carbocycles. The lowest BCUT2D eigenvalue weighted by Gasteiger charge is -2.18. The molecule has 0 aliphatic rings. The van der Waals surface area contributed by atoms with Crippen LogP contribution in [0.5, 0.6) is 0 Å². The van der Waals surface area contributed by atoms with E-state index in [9.17, 15) is 19.3 Å². The largest absolute Gasteiger partial charge is 0.335 e. The Morgan fingerprint density at radius 3 is 2.78 bits per heavy atom. The summed E-state index contributed by atoms with van der Waals surface area (Å²) < 4.78 is 13.1. The van der Waals surface area contributed by atoms with Gasteiger partial charge in [-0.15, -0.1) is 6.58 Å². The molecule has 1 rings (SSSR count). The Kier molecular flexibility index (Phi) is 4.53. The maximum Gasteiger partial charge on any atom is 0.282 e. The summed E-state index contributed by atoms with van der Waals surface area (Å²) in [5, 5.41) is 10.8. The Hall–Kier alpha value is -2.24. The van der Waals surface area contributed by atoms with Crippen molar-refractivity contribution in [2.45, 2.75) is 6.92 Å². The summed E-state index contributed by atoms with van der Waals surface area (Å²) in [5.41, 5.74) is -0.646. The first-order valence-corrected chi connectivity index (χ1v) is 5.35. The van der Waals surface area contributed by atoms with Crippen LogP contribution in [0.25, 0.3) is 0 Å². The second-order valence-electron chi connectivity index (χ2n) is 3.55. The van der Waals surface area contributed by atoms with Crippen molar-refractivity contribution in [1.82, 2.24) is 4.90 Å². The van der Waals surface area contributed by atoms with Gasteiger partial charge in [-0.2, -0.15) is 0 Å². The van der Waals surface area contributed by atoms with Crippen molar-refractivity contribution in [3.8, 4) is 0 Å². The molecule has 0 fully saturated rings. The lowest BCUT2D eigenvalue weighted by atomic mass is 10.1. The quantitative estimate of drug-likeness (QED) is 0.459. The standard InChI is InChI=1S/C12H13FN2O3/c1-3-7-14(4-2)12(16)10-8-9(13)5-6-11(10)15(17)18/h3,5-6,8H,1,4,7H2,2H3. The zero-order valence-corrected chi connectivity index (χ0v) is 9.93. The molecule has 6 heteroatoms. The first-order valence-electron chi connectivity index (χ1n) is 5.35. The molecule has 0 aliphatic carbocycles. The second kappa shape index (κ2) is 5.90. The molecule has 0 aromatic heterocycles. The van der Waals surface area contributed by atoms with Crippen molar-refractivity contribution in [2.75, 3.05) is 13.1 Å². The van der Waals surface area contributed by atoms with Gasteiger partial charge in [0.25, 0.3) is 11.6 Å². The summed E-state index contributed by atoms with van der Waals surface area (Å²) >= 11 is 0. The van der Waals surface area contributed by atoms with Gasteiger partial charge in [0.15, 0.2) is 0 Å². The van der Waals surface area contributed by atoms with Crippen LogP contribution in [0.15, 0.2) is 30.9 Å². The van der Waals surface area contributed by atoms with Gasteiger partial charge < -0.3 is 4.90 Å². The summed E-state index contributed by atoms with van der Waals surface area (Å²) in [6.45, 7) is 5.84. The van der Waals surface area contributed by atoms with Gasteiger partial charge in [-0.25, -0.2) is 4.39 Å². The maximum absolute atomic E-state index is 13.1. The molecule has 0 N–H and O–H groups in total. The van der Waals surface area contributed by atoms with E-state index in [-0.39, 0.29) is 12.1 Å². The third kappa shape index (κ3) is 2.91. The van der Waals surface area contributed by atoms with E-state index in [1.165, 1.54) is 11.0 Å². The molecular weight excluding hydrogens is 239 g/mol. The lowest BCUT2D eigenvalue weighted by Crippen LogP contribution is -2.31. The van der Waals surface area contributed by atoms with E-state index >= 15 is 0 Å². The fourth-order valence-electron chi connectivity index (χ4n) is 1.52. The summed E-state index contributed by atoms with van der Waals surface area (Å²) in [7, 11) is 0. The normalized spacial score (nSPS) is 9.89. The number of nitro benzene ring substituents is 1. The van der Waals surface area contributed by atoms with Crippen molar-refractivity contribution in [1.29, 1.82) is 0 Å². The number of carbonyl (C=O) groups excluding carboxylic acids is 1. The average molecular weight is 252 g/mol. The highest BCUT2D eigenvalue weighted by Crippen LogP contribution is 2.21. The van der Waals surface area contributed by atoms with Crippen LogP contribution in [-0.4, -0.2) is 28.8 Å². The Balaban J connectivity index is 3.21. The van der Waals surface area contributed by atoms with Crippen molar-refractivity contribution in [3.63, 3.8) is 0 Å². The number of halogens is 1. The Morgan fingerprint density at radius 2 is 2.28 bits per heavy atom. The van der Waals surface area contributed by atoms with E-state index in [1.54, 1.807) is 6.92 Å². The molecule has 18 heavy (non-hydrogen) atoms. The number of likely N-dealkylation sites (N-methyl/N-ethyl adjacent to an activating group) is 1. The molecule has 0 atom stereocenters. The fraction of sp³-hybridized carbons (Fsp3) is 0.250. The summed E-state index contributed by atoms with van der Waals surface area (Å²) in [5.74, 6) is -1.26. The Labute approximate surface area is 104 Å². The lowest BCUT2D eigenvalue weighted by molar-refractivity contribution is -0.385. The van der Waals surface area contributed by atoms with Crippen molar-refractivity contribution in [2.24, 2.45) is 0 Å². The SMILES string of the molecule is C=CCN(CC)C(=O)c1cc(F)ccc1[N+](=O)[O-]. The van der Waals surface area contributed by atoms with Crippen LogP contribution < -0.4 is 0 Å². The molecule has 0 unspecified atom stereocenters. The number of hydrogen-bond acceptors (Lipinski definition) is 3. The van der Waals surface area contributed by atoms with E-state index in [0.29, 0.717) is 6.54 Å². The minimum Gasteiger partial charge on any atom is -0.335 e. The number of amides is 1. The zero-order chi connectivity index (χ0) is 13.7. The van der Waals surface area contributed by atoms with Gasteiger partial charge in [0.1, 0.15) is 11.4 Å². The summed E-state index contributed by atoms with van der Waals surface area (Å²) in [6, 6.07) is 2.83. The van der Waals surface area contributed by atoms with Crippen LogP contribution in [0, 0.1) is 15.9 Å². The highest BCUT2D eigenvalue weighted by molar-refractivity contribution is 5.98. The monoisotopic (exact) mass is 252 g/mol. The Bertz CT molecular complexity index is 488. The van der Waals surface area contributed by atoms with E-state index in [1.807, 2.05) is 0 Å². The van der Waals surface area contributed by atoms with Crippen LogP contribution >= 0.6 is 0 Å². The zero-order valence-electron chi connectivity index (χ0n) is 9.93. The summed E-state index contributed by atoms with van der Waals surface area (Å²) in [6.07, 6.45) is 1.51. The third-order valence-corrected chi connectivity index (χ3v) is 2.40. The van der Waals surface area contributed by atoms with Gasteiger partial charge in [-0.05, 0) is 19.1 Å². The van der Waals surface area contributed by atoms with E-state index < -0.39 is 22.3 Å². The highest BCUT2D eigenvalue weighted by Gasteiger charge is 2.24. The molecule has 0 aliphatic heterocycles. The average Bonchev–Trinajstić information content (AvgIpc) is 2.34. The van der Waals surface area contributed by atoms with Crippen molar-refractivity contribution in [3.05, 3.63) is 52.3 Å². The Morgan fingerprint density at radius 1 is 1.61 bits per heavy atom. The molecule has 0 bridgehead atoms. The van der Waals surface area contributed by atoms with Gasteiger partial charge >= 0.3 is 0 Å². The fourth-order valence-corrected chi connectivity index (χ4v) is 1.52. The number of nitrogens with zero attached hydrogens (tertiary/aromatic N) is 2. The van der Waals surface area contributed by atoms with Gasteiger partial charge in [0, 0.05) is 19.2 Å². The molecule has 0 heterocycles. The molecule has 1 aromatic rings. The maximum atomic E-state index is 13.1. The van der Waals surface area contributed by atoms with E-state index in [0.717, 1.165) is 18.2 Å². The molecule has 96 valence electrons. The van der Waals surface area contributed by atoms with Gasteiger partial charge in [-0.1, -0.05) is 6.08 Å². The first-order chi connectivity index (χ1) is 8.51. The topological polar surface area (TPSA) is 63.5 Å². The smallest absolute Gasteiger partial charge is 0.282 e. The van der Waals surface area contributed by atoms with Crippen molar-refractivity contribution < 1.29 is 14.1 Å². The van der Waals surface area contributed by atoms with Gasteiger partial charge in [0.2, 0.25) is 0 Å². The number of hydrogen-bond donors (Lipinski definition) is 0. The van der Waals surface area contributed by atoms with Crippen LogP contribution in [0.1, 0.15) is 17.3 Å². The minimum atomic E-state index is -0.700. The van der Waals surface area contributed by atoms with Gasteiger partial charge in [0.05, 0.1) is 4.92 Å². The van der Waals surface area contributed by atoms with Crippen LogP contribution in [0.3, 0.4) is 0 Å². The highest BCUT2D eigenvalue weighted by atomic mass is 19.1. The van der Waals surface area contributed by atoms with Crippen LogP contribution in [-0.2, 0) is 0 Å². The minimum absolute atomic E-state index is 0.247. The predicted octanol–water partition coefficient (Wildman–Crippen LogP) is 2.38. The molecule has 5 nitrogen and oxygen atoms in total. The second-order valence-corrected chi connectivity index (χ2v) is 3.55. The third-order valence-electron chi connectivity index (χ3n) is 2.40. The predicted molar refractivity (Wildman–Crippen MR) is 64.8 cm³/mol. The molecule has 0 radical (unpaired) electrons. The van der Waals surface area contributed by atoms with Crippen LogP contribution in [0.2, 0.25) is 0 Å². The van der Waals surface area contributed by atoms with Gasteiger partial charge in [-0.3, -0.25) is 14.9 Å². The van der Waals surface area contributed by atoms with E-state index in [2.05, 4.69) is 6.58 Å². The number of rotatable bonds is 5. The summed E-state index contributed by atoms with van der Waals surface area (Å²) in [4.78, 5) is 23.5. The number of nitro groups is 1. The molecule has 1 amide bonds. The molecule has 0 saturated carbocycles. The van der Waals surface area contributed by atoms with E-state index in [4.69, 9.17) is 0 Å². The molecule has 0 saturated heterocycles. The molecule has 0 spiro atoms. The van der Waals surface area contributed by atoms with Crippen LogP contribution in [0.4, 0.5) is 10.1 Å². The molecular formula is C12H13FN2O3. The number of carbonyl (C=O) groups is 1. The van der Waals surface area contributed by atoms with Crippen molar-refractivity contribution >= 4 is 11.6 Å². The first kappa shape index (κ1) is 13.8.